The second kappa shape index (κ2) is 11.8. The van der Waals surface area contributed by atoms with Crippen molar-refractivity contribution in [2.24, 2.45) is 0 Å². The molecule has 7 aromatic rings. The molecule has 1 radical (unpaired) electrons. The molecule has 197 valence electrons. The van der Waals surface area contributed by atoms with Crippen LogP contribution in [0, 0.1) is 12.1 Å². The molecular weight excluding hydrogens is 677 g/mol. The standard InChI is InChI=1S/C21H12N.C17H12N.Ir/c1-2-7-14(8-3-1)20-13-18-16-10-5-4-9-15(16)17-11-6-12-19(22-20)21(17)18;1-3-7-14(8-4-1)16-11-12-18-17(13-16)15-9-5-2-6-10-15;/h1-7,9-13H;1-9,11-13H;/q2*-1;. The summed E-state index contributed by atoms with van der Waals surface area (Å²) in [4.78, 5) is 9.26. The van der Waals surface area contributed by atoms with Crippen LogP contribution in [0.5, 0.6) is 0 Å². The van der Waals surface area contributed by atoms with Crippen LogP contribution in [-0.4, -0.2) is 9.97 Å². The minimum absolute atomic E-state index is 0. The Labute approximate surface area is 253 Å². The van der Waals surface area contributed by atoms with Crippen molar-refractivity contribution in [2.45, 2.75) is 0 Å². The van der Waals surface area contributed by atoms with Crippen LogP contribution in [0.1, 0.15) is 0 Å². The molecule has 0 fully saturated rings. The molecule has 0 unspecified atom stereocenters. The van der Waals surface area contributed by atoms with E-state index in [4.69, 9.17) is 4.98 Å². The van der Waals surface area contributed by atoms with E-state index >= 15 is 0 Å². The van der Waals surface area contributed by atoms with Gasteiger partial charge in [-0.15, -0.1) is 71.8 Å². The second-order valence-electron chi connectivity index (χ2n) is 9.65. The molecule has 1 aliphatic carbocycles. The molecule has 41 heavy (non-hydrogen) atoms. The van der Waals surface area contributed by atoms with Gasteiger partial charge in [0.25, 0.3) is 0 Å². The third-order valence-electron chi connectivity index (χ3n) is 7.18. The van der Waals surface area contributed by atoms with E-state index in [9.17, 15) is 0 Å². The van der Waals surface area contributed by atoms with Crippen LogP contribution in [-0.2, 0) is 20.1 Å². The zero-order valence-electron chi connectivity index (χ0n) is 22.1. The van der Waals surface area contributed by atoms with Crippen LogP contribution < -0.4 is 0 Å². The van der Waals surface area contributed by atoms with E-state index in [2.05, 4.69) is 89.9 Å². The Kier molecular flexibility index (Phi) is 7.65. The van der Waals surface area contributed by atoms with Crippen LogP contribution in [0.2, 0.25) is 0 Å². The number of fused-ring (bicyclic) bond motifs is 3. The molecule has 0 N–H and O–H groups in total. The third kappa shape index (κ3) is 5.26. The first-order chi connectivity index (χ1) is 19.8. The maximum atomic E-state index is 4.86. The van der Waals surface area contributed by atoms with Crippen molar-refractivity contribution in [2.75, 3.05) is 0 Å². The van der Waals surface area contributed by atoms with Crippen LogP contribution in [0.25, 0.3) is 66.8 Å². The van der Waals surface area contributed by atoms with Gasteiger partial charge in [-0.1, -0.05) is 78.9 Å². The Bertz CT molecular complexity index is 1880. The molecule has 0 amide bonds. The van der Waals surface area contributed by atoms with E-state index in [-0.39, 0.29) is 20.1 Å². The summed E-state index contributed by atoms with van der Waals surface area (Å²) < 4.78 is 0. The molecule has 0 atom stereocenters. The maximum absolute atomic E-state index is 4.86. The van der Waals surface area contributed by atoms with Crippen molar-refractivity contribution in [1.82, 2.24) is 9.97 Å². The Morgan fingerprint density at radius 2 is 1.10 bits per heavy atom. The van der Waals surface area contributed by atoms with E-state index in [1.807, 2.05) is 72.9 Å². The summed E-state index contributed by atoms with van der Waals surface area (Å²) in [5.41, 5.74) is 12.6. The van der Waals surface area contributed by atoms with Crippen LogP contribution >= 0.6 is 0 Å². The fourth-order valence-electron chi connectivity index (χ4n) is 5.31. The fourth-order valence-corrected chi connectivity index (χ4v) is 5.31. The topological polar surface area (TPSA) is 25.8 Å². The smallest absolute Gasteiger partial charge is 0.0607 e. The molecule has 2 nitrogen and oxygen atoms in total. The normalized spacial score (nSPS) is 10.7. The van der Waals surface area contributed by atoms with Gasteiger partial charge in [0.2, 0.25) is 0 Å². The summed E-state index contributed by atoms with van der Waals surface area (Å²) >= 11 is 0. The molecule has 5 aromatic carbocycles. The van der Waals surface area contributed by atoms with Gasteiger partial charge in [-0.25, -0.2) is 0 Å². The Morgan fingerprint density at radius 3 is 1.80 bits per heavy atom. The van der Waals surface area contributed by atoms with Gasteiger partial charge < -0.3 is 4.98 Å². The Balaban J connectivity index is 0.000000147. The molecule has 8 rings (SSSR count). The quantitative estimate of drug-likeness (QED) is 0.172. The molecule has 3 heteroatoms. The molecule has 0 saturated heterocycles. The van der Waals surface area contributed by atoms with E-state index in [1.54, 1.807) is 0 Å². The second-order valence-corrected chi connectivity index (χ2v) is 9.65. The summed E-state index contributed by atoms with van der Waals surface area (Å²) in [6.45, 7) is 0. The molecule has 2 aromatic heterocycles. The molecule has 1 aliphatic rings. The van der Waals surface area contributed by atoms with Gasteiger partial charge in [-0.2, -0.15) is 0 Å². The summed E-state index contributed by atoms with van der Waals surface area (Å²) in [6.07, 6.45) is 1.85. The van der Waals surface area contributed by atoms with Crippen molar-refractivity contribution in [3.63, 3.8) is 0 Å². The summed E-state index contributed by atoms with van der Waals surface area (Å²) in [5.74, 6) is 0. The number of hydrogen-bond donors (Lipinski definition) is 0. The molecule has 0 saturated carbocycles. The summed E-state index contributed by atoms with van der Waals surface area (Å²) in [7, 11) is 0. The molecule has 0 bridgehead atoms. The van der Waals surface area contributed by atoms with Crippen molar-refractivity contribution >= 4 is 10.9 Å². The Hall–Kier alpha value is -4.69. The van der Waals surface area contributed by atoms with Crippen molar-refractivity contribution in [3.8, 4) is 55.9 Å². The van der Waals surface area contributed by atoms with Gasteiger partial charge in [0.15, 0.2) is 0 Å². The Morgan fingerprint density at radius 1 is 0.463 bits per heavy atom. The van der Waals surface area contributed by atoms with Crippen molar-refractivity contribution in [1.29, 1.82) is 0 Å². The van der Waals surface area contributed by atoms with Gasteiger partial charge in [0.1, 0.15) is 0 Å². The van der Waals surface area contributed by atoms with Crippen LogP contribution in [0.3, 0.4) is 0 Å². The minimum Gasteiger partial charge on any atom is -0.305 e. The number of rotatable bonds is 3. The predicted octanol–water partition coefficient (Wildman–Crippen LogP) is 9.56. The predicted molar refractivity (Wildman–Crippen MR) is 164 cm³/mol. The largest absolute Gasteiger partial charge is 0.305 e. The van der Waals surface area contributed by atoms with E-state index in [1.165, 1.54) is 38.8 Å². The zero-order chi connectivity index (χ0) is 26.7. The number of hydrogen-bond acceptors (Lipinski definition) is 2. The third-order valence-corrected chi connectivity index (χ3v) is 7.18. The number of aromatic nitrogens is 2. The minimum atomic E-state index is 0. The average Bonchev–Trinajstić information content (AvgIpc) is 3.37. The monoisotopic (exact) mass is 701 g/mol. The van der Waals surface area contributed by atoms with Gasteiger partial charge in [0.05, 0.1) is 5.52 Å². The van der Waals surface area contributed by atoms with Crippen LogP contribution in [0.4, 0.5) is 0 Å². The molecule has 0 aliphatic heterocycles. The van der Waals surface area contributed by atoms with Crippen LogP contribution in [0.15, 0.2) is 146 Å². The number of benzene rings is 5. The van der Waals surface area contributed by atoms with Crippen molar-refractivity contribution in [3.05, 3.63) is 158 Å². The zero-order valence-corrected chi connectivity index (χ0v) is 24.5. The SMILES string of the molecule is [Ir].[c-]1ccccc1-c1cc(-c2ccccc2)ccn1.[c-]1ccccc1-c1cc2c3c(cccc3n1)-c1ccccc1-2. The first-order valence-electron chi connectivity index (χ1n) is 13.3. The fraction of sp³-hybridized carbons (Fsp3) is 0. The number of nitrogens with zero attached hydrogens (tertiary/aromatic N) is 2. The average molecular weight is 701 g/mol. The maximum Gasteiger partial charge on any atom is 0.0607 e. The molecule has 0 spiro atoms. The van der Waals surface area contributed by atoms with Gasteiger partial charge in [0, 0.05) is 31.7 Å². The molecule has 2 heterocycles. The van der Waals surface area contributed by atoms with E-state index in [0.717, 1.165) is 28.0 Å². The summed E-state index contributed by atoms with van der Waals surface area (Å²) in [5, 5.41) is 1.27. The van der Waals surface area contributed by atoms with E-state index < -0.39 is 0 Å². The first kappa shape index (κ1) is 26.5. The molecular formula is C38H24IrN2-2. The number of pyridine rings is 2. The summed E-state index contributed by atoms with van der Waals surface area (Å²) in [6, 6.07) is 54.0. The van der Waals surface area contributed by atoms with Gasteiger partial charge >= 0.3 is 0 Å². The van der Waals surface area contributed by atoms with Crippen molar-refractivity contribution < 1.29 is 20.1 Å². The van der Waals surface area contributed by atoms with E-state index in [0.29, 0.717) is 0 Å². The van der Waals surface area contributed by atoms with Gasteiger partial charge in [-0.3, -0.25) is 4.98 Å². The first-order valence-corrected chi connectivity index (χ1v) is 13.3. The van der Waals surface area contributed by atoms with Gasteiger partial charge in [-0.05, 0) is 56.9 Å².